The third-order valence-corrected chi connectivity index (χ3v) is 3.84. The Bertz CT molecular complexity index is 243. The second kappa shape index (κ2) is 8.73. The molecule has 0 unspecified atom stereocenters. The number of methoxy groups -OCH3 is 1. The lowest BCUT2D eigenvalue weighted by molar-refractivity contribution is -0.141. The van der Waals surface area contributed by atoms with Crippen molar-refractivity contribution in [1.29, 1.82) is 0 Å². The molecule has 18 heavy (non-hydrogen) atoms. The van der Waals surface area contributed by atoms with Crippen molar-refractivity contribution < 1.29 is 9.53 Å². The first kappa shape index (κ1) is 17.7. The quantitative estimate of drug-likeness (QED) is 0.770. The average molecular weight is 279 g/mol. The Morgan fingerprint density at radius 2 is 2.00 bits per heavy atom. The SMILES string of the molecule is CNCCN(C)C(=O)C1(CCOC)CCCC1.Cl. The van der Waals surface area contributed by atoms with Gasteiger partial charge in [-0.1, -0.05) is 12.8 Å². The minimum atomic E-state index is -0.140. The van der Waals surface area contributed by atoms with Crippen LogP contribution in [0.25, 0.3) is 0 Å². The molecular formula is C13H27ClN2O2. The first-order valence-corrected chi connectivity index (χ1v) is 6.55. The van der Waals surface area contributed by atoms with E-state index in [1.54, 1.807) is 7.11 Å². The van der Waals surface area contributed by atoms with Crippen LogP contribution < -0.4 is 5.32 Å². The summed E-state index contributed by atoms with van der Waals surface area (Å²) >= 11 is 0. The summed E-state index contributed by atoms with van der Waals surface area (Å²) in [7, 11) is 5.53. The molecule has 0 radical (unpaired) electrons. The molecule has 0 bridgehead atoms. The monoisotopic (exact) mass is 278 g/mol. The summed E-state index contributed by atoms with van der Waals surface area (Å²) in [6.07, 6.45) is 5.27. The Morgan fingerprint density at radius 3 is 2.50 bits per heavy atom. The molecular weight excluding hydrogens is 252 g/mol. The highest BCUT2D eigenvalue weighted by Crippen LogP contribution is 2.42. The van der Waals surface area contributed by atoms with Gasteiger partial charge in [0, 0.05) is 33.9 Å². The molecule has 1 rings (SSSR count). The third kappa shape index (κ3) is 4.41. The molecule has 1 N–H and O–H groups in total. The third-order valence-electron chi connectivity index (χ3n) is 3.84. The maximum absolute atomic E-state index is 12.5. The summed E-state index contributed by atoms with van der Waals surface area (Å²) in [5.74, 6) is 0.308. The van der Waals surface area contributed by atoms with E-state index < -0.39 is 0 Å². The molecule has 0 spiro atoms. The largest absolute Gasteiger partial charge is 0.385 e. The van der Waals surface area contributed by atoms with Crippen molar-refractivity contribution >= 4 is 18.3 Å². The zero-order valence-corrected chi connectivity index (χ0v) is 12.6. The molecule has 1 amide bonds. The standard InChI is InChI=1S/C13H26N2O2.ClH/c1-14-9-10-15(2)12(16)13(8-11-17-3)6-4-5-7-13;/h14H,4-11H2,1-3H3;1H. The van der Waals surface area contributed by atoms with Gasteiger partial charge in [-0.05, 0) is 26.3 Å². The molecule has 4 nitrogen and oxygen atoms in total. The van der Waals surface area contributed by atoms with E-state index in [1.165, 1.54) is 12.8 Å². The summed E-state index contributed by atoms with van der Waals surface area (Å²) in [6.45, 7) is 2.32. The van der Waals surface area contributed by atoms with Gasteiger partial charge in [0.15, 0.2) is 0 Å². The first-order valence-electron chi connectivity index (χ1n) is 6.55. The highest BCUT2D eigenvalue weighted by Gasteiger charge is 2.41. The van der Waals surface area contributed by atoms with Crippen molar-refractivity contribution in [3.05, 3.63) is 0 Å². The highest BCUT2D eigenvalue weighted by atomic mass is 35.5. The van der Waals surface area contributed by atoms with Crippen LogP contribution in [0.2, 0.25) is 0 Å². The van der Waals surface area contributed by atoms with Crippen molar-refractivity contribution in [2.24, 2.45) is 5.41 Å². The fraction of sp³-hybridized carbons (Fsp3) is 0.923. The highest BCUT2D eigenvalue weighted by molar-refractivity contribution is 5.85. The van der Waals surface area contributed by atoms with Crippen LogP contribution in [0.15, 0.2) is 0 Å². The normalized spacial score (nSPS) is 17.3. The van der Waals surface area contributed by atoms with Gasteiger partial charge in [0.2, 0.25) is 5.91 Å². The molecule has 0 heterocycles. The number of likely N-dealkylation sites (N-methyl/N-ethyl adjacent to an activating group) is 2. The van der Waals surface area contributed by atoms with Crippen LogP contribution in [0.4, 0.5) is 0 Å². The van der Waals surface area contributed by atoms with Crippen LogP contribution in [0, 0.1) is 5.41 Å². The van der Waals surface area contributed by atoms with E-state index in [0.29, 0.717) is 12.5 Å². The van der Waals surface area contributed by atoms with E-state index in [4.69, 9.17) is 4.74 Å². The summed E-state index contributed by atoms with van der Waals surface area (Å²) in [5, 5.41) is 3.08. The molecule has 0 aromatic heterocycles. The van der Waals surface area contributed by atoms with E-state index in [-0.39, 0.29) is 17.8 Å². The summed E-state index contributed by atoms with van der Waals surface area (Å²) in [5.41, 5.74) is -0.140. The van der Waals surface area contributed by atoms with Crippen LogP contribution >= 0.6 is 12.4 Å². The zero-order chi connectivity index (χ0) is 12.7. The van der Waals surface area contributed by atoms with Crippen molar-refractivity contribution in [2.45, 2.75) is 32.1 Å². The number of hydrogen-bond acceptors (Lipinski definition) is 3. The van der Waals surface area contributed by atoms with Crippen molar-refractivity contribution in [3.8, 4) is 0 Å². The predicted molar refractivity (Wildman–Crippen MR) is 76.2 cm³/mol. The second-order valence-electron chi connectivity index (χ2n) is 5.06. The molecule has 0 aromatic rings. The number of ether oxygens (including phenoxy) is 1. The molecule has 0 saturated heterocycles. The molecule has 1 saturated carbocycles. The van der Waals surface area contributed by atoms with E-state index in [9.17, 15) is 4.79 Å². The Hall–Kier alpha value is -0.320. The van der Waals surface area contributed by atoms with Crippen LogP contribution in [0.5, 0.6) is 0 Å². The van der Waals surface area contributed by atoms with E-state index in [0.717, 1.165) is 32.4 Å². The van der Waals surface area contributed by atoms with Gasteiger partial charge in [0.05, 0.1) is 5.41 Å². The van der Waals surface area contributed by atoms with E-state index in [2.05, 4.69) is 5.32 Å². The molecule has 5 heteroatoms. The minimum Gasteiger partial charge on any atom is -0.385 e. The second-order valence-corrected chi connectivity index (χ2v) is 5.06. The van der Waals surface area contributed by atoms with Crippen molar-refractivity contribution in [1.82, 2.24) is 10.2 Å². The lowest BCUT2D eigenvalue weighted by Crippen LogP contribution is -2.43. The number of halogens is 1. The predicted octanol–water partition coefficient (Wildman–Crippen LogP) is 1.68. The molecule has 108 valence electrons. The number of carbonyl (C=O) groups excluding carboxylic acids is 1. The van der Waals surface area contributed by atoms with Crippen molar-refractivity contribution in [2.75, 3.05) is 40.9 Å². The smallest absolute Gasteiger partial charge is 0.228 e. The van der Waals surface area contributed by atoms with Crippen LogP contribution in [0.3, 0.4) is 0 Å². The molecule has 1 aliphatic carbocycles. The average Bonchev–Trinajstić information content (AvgIpc) is 2.82. The van der Waals surface area contributed by atoms with Gasteiger partial charge in [-0.3, -0.25) is 4.79 Å². The number of carbonyl (C=O) groups is 1. The topological polar surface area (TPSA) is 41.6 Å². The fourth-order valence-electron chi connectivity index (χ4n) is 2.71. The summed E-state index contributed by atoms with van der Waals surface area (Å²) in [6, 6.07) is 0. The van der Waals surface area contributed by atoms with Gasteiger partial charge in [0.1, 0.15) is 0 Å². The fourth-order valence-corrected chi connectivity index (χ4v) is 2.71. The van der Waals surface area contributed by atoms with E-state index >= 15 is 0 Å². The van der Waals surface area contributed by atoms with Gasteiger partial charge in [-0.25, -0.2) is 0 Å². The Labute approximate surface area is 117 Å². The lowest BCUT2D eigenvalue weighted by Gasteiger charge is -2.32. The lowest BCUT2D eigenvalue weighted by atomic mass is 9.81. The molecule has 0 aromatic carbocycles. The van der Waals surface area contributed by atoms with Gasteiger partial charge in [-0.2, -0.15) is 0 Å². The number of amides is 1. The Morgan fingerprint density at radius 1 is 1.39 bits per heavy atom. The summed E-state index contributed by atoms with van der Waals surface area (Å²) < 4.78 is 5.16. The van der Waals surface area contributed by atoms with Crippen LogP contribution in [-0.2, 0) is 9.53 Å². The zero-order valence-electron chi connectivity index (χ0n) is 11.8. The van der Waals surface area contributed by atoms with Gasteiger partial charge < -0.3 is 15.0 Å². The Kier molecular flexibility index (Phi) is 8.57. The first-order chi connectivity index (χ1) is 8.16. The number of hydrogen-bond donors (Lipinski definition) is 1. The maximum atomic E-state index is 12.5. The number of rotatable bonds is 7. The molecule has 1 fully saturated rings. The maximum Gasteiger partial charge on any atom is 0.228 e. The minimum absolute atomic E-state index is 0. The van der Waals surface area contributed by atoms with Crippen LogP contribution in [-0.4, -0.2) is 51.7 Å². The van der Waals surface area contributed by atoms with Crippen molar-refractivity contribution in [3.63, 3.8) is 0 Å². The van der Waals surface area contributed by atoms with Crippen LogP contribution in [0.1, 0.15) is 32.1 Å². The molecule has 1 aliphatic rings. The molecule has 0 atom stereocenters. The Balaban J connectivity index is 0.00000289. The molecule has 0 aliphatic heterocycles. The summed E-state index contributed by atoms with van der Waals surface area (Å²) in [4.78, 5) is 14.4. The van der Waals surface area contributed by atoms with Gasteiger partial charge >= 0.3 is 0 Å². The number of nitrogens with one attached hydrogen (secondary N) is 1. The van der Waals surface area contributed by atoms with E-state index in [1.807, 2.05) is 19.0 Å². The number of nitrogens with zero attached hydrogens (tertiary/aromatic N) is 1. The van der Waals surface area contributed by atoms with Gasteiger partial charge in [-0.15, -0.1) is 12.4 Å². The van der Waals surface area contributed by atoms with Gasteiger partial charge in [0.25, 0.3) is 0 Å².